The van der Waals surface area contributed by atoms with Crippen molar-refractivity contribution in [1.29, 1.82) is 0 Å². The van der Waals surface area contributed by atoms with Gasteiger partial charge in [-0.15, -0.1) is 0 Å². The number of aliphatic hydroxyl groups is 1. The first-order valence-corrected chi connectivity index (χ1v) is 7.09. The van der Waals surface area contributed by atoms with Crippen LogP contribution >= 0.6 is 0 Å². The molecular weight excluding hydrogens is 230 g/mol. The molecule has 0 atom stereocenters. The van der Waals surface area contributed by atoms with Gasteiger partial charge in [-0.3, -0.25) is 4.79 Å². The Bertz CT molecular complexity index is 247. The van der Waals surface area contributed by atoms with Gasteiger partial charge in [-0.25, -0.2) is 0 Å². The maximum atomic E-state index is 12.0. The molecule has 0 aromatic rings. The van der Waals surface area contributed by atoms with Gasteiger partial charge in [0.15, 0.2) is 0 Å². The topological polar surface area (TPSA) is 58.6 Å². The first-order chi connectivity index (χ1) is 8.64. The Morgan fingerprint density at radius 3 is 2.56 bits per heavy atom. The molecule has 0 radical (unpaired) electrons. The Balaban J connectivity index is 2.43. The van der Waals surface area contributed by atoms with Crippen LogP contribution in [0.1, 0.15) is 51.9 Å². The molecule has 0 spiro atoms. The normalized spacial score (nSPS) is 28.1. The minimum atomic E-state index is -0.458. The van der Waals surface area contributed by atoms with Gasteiger partial charge in [0.2, 0.25) is 0 Å². The molecule has 0 heterocycles. The number of hydrogen-bond acceptors (Lipinski definition) is 4. The molecule has 1 rings (SSSR count). The van der Waals surface area contributed by atoms with Crippen molar-refractivity contribution in [2.45, 2.75) is 57.4 Å². The number of unbranched alkanes of at least 4 members (excludes halogenated alkanes) is 2. The van der Waals surface area contributed by atoms with E-state index in [0.717, 1.165) is 51.5 Å². The average Bonchev–Trinajstić information content (AvgIpc) is 2.40. The van der Waals surface area contributed by atoms with E-state index in [-0.39, 0.29) is 12.6 Å². The number of ether oxygens (including phenoxy) is 1. The molecule has 4 nitrogen and oxygen atoms in total. The summed E-state index contributed by atoms with van der Waals surface area (Å²) in [6.07, 6.45) is 6.75. The Kier molecular flexibility index (Phi) is 6.65. The van der Waals surface area contributed by atoms with E-state index in [1.807, 2.05) is 0 Å². The highest BCUT2D eigenvalue weighted by Gasteiger charge is 2.41. The third-order valence-electron chi connectivity index (χ3n) is 4.00. The van der Waals surface area contributed by atoms with E-state index >= 15 is 0 Å². The number of hydrogen-bond donors (Lipinski definition) is 2. The Morgan fingerprint density at radius 2 is 2.00 bits per heavy atom. The van der Waals surface area contributed by atoms with Crippen LogP contribution in [0.25, 0.3) is 0 Å². The van der Waals surface area contributed by atoms with Crippen LogP contribution in [0.15, 0.2) is 0 Å². The van der Waals surface area contributed by atoms with Gasteiger partial charge in [-0.1, -0.05) is 6.92 Å². The summed E-state index contributed by atoms with van der Waals surface area (Å²) >= 11 is 0. The molecule has 1 saturated carbocycles. The van der Waals surface area contributed by atoms with Crippen molar-refractivity contribution in [3.05, 3.63) is 0 Å². The van der Waals surface area contributed by atoms with E-state index in [9.17, 15) is 4.79 Å². The summed E-state index contributed by atoms with van der Waals surface area (Å²) in [6, 6.07) is 0. The SMILES string of the molecule is COC(=O)C1(NCCCCCO)CCC(C)CC1. The maximum Gasteiger partial charge on any atom is 0.326 e. The quantitative estimate of drug-likeness (QED) is 0.540. The lowest BCUT2D eigenvalue weighted by atomic mass is 9.77. The van der Waals surface area contributed by atoms with Gasteiger partial charge in [-0.05, 0) is 57.4 Å². The molecular formula is C14H27NO3. The van der Waals surface area contributed by atoms with E-state index in [2.05, 4.69) is 12.2 Å². The second-order valence-electron chi connectivity index (χ2n) is 5.47. The van der Waals surface area contributed by atoms with Crippen LogP contribution in [0.2, 0.25) is 0 Å². The van der Waals surface area contributed by atoms with Crippen LogP contribution in [-0.4, -0.2) is 36.9 Å². The van der Waals surface area contributed by atoms with Gasteiger partial charge >= 0.3 is 5.97 Å². The highest BCUT2D eigenvalue weighted by atomic mass is 16.5. The lowest BCUT2D eigenvalue weighted by Gasteiger charge is -2.37. The molecule has 0 unspecified atom stereocenters. The minimum Gasteiger partial charge on any atom is -0.468 e. The average molecular weight is 257 g/mol. The molecule has 0 aliphatic heterocycles. The van der Waals surface area contributed by atoms with Crippen molar-refractivity contribution in [2.75, 3.05) is 20.3 Å². The monoisotopic (exact) mass is 257 g/mol. The standard InChI is InChI=1S/C14H27NO3/c1-12-6-8-14(9-7-12,13(17)18-2)15-10-4-3-5-11-16/h12,15-16H,3-11H2,1-2H3. The zero-order valence-electron chi connectivity index (χ0n) is 11.7. The Morgan fingerprint density at radius 1 is 1.33 bits per heavy atom. The lowest BCUT2D eigenvalue weighted by molar-refractivity contribution is -0.150. The molecule has 4 heteroatoms. The maximum absolute atomic E-state index is 12.0. The predicted octanol–water partition coefficient (Wildman–Crippen LogP) is 1.86. The van der Waals surface area contributed by atoms with Gasteiger partial charge in [0.1, 0.15) is 5.54 Å². The molecule has 106 valence electrons. The molecule has 0 aromatic carbocycles. The van der Waals surface area contributed by atoms with Crippen LogP contribution < -0.4 is 5.32 Å². The van der Waals surface area contributed by atoms with Crippen LogP contribution in [-0.2, 0) is 9.53 Å². The highest BCUT2D eigenvalue weighted by Crippen LogP contribution is 2.32. The molecule has 1 aliphatic rings. The fourth-order valence-electron chi connectivity index (χ4n) is 2.64. The number of nitrogens with one attached hydrogen (secondary N) is 1. The number of esters is 1. The smallest absolute Gasteiger partial charge is 0.326 e. The summed E-state index contributed by atoms with van der Waals surface area (Å²) in [5, 5.41) is 12.1. The fraction of sp³-hybridized carbons (Fsp3) is 0.929. The Hall–Kier alpha value is -0.610. The number of carbonyl (C=O) groups excluding carboxylic acids is 1. The van der Waals surface area contributed by atoms with Gasteiger partial charge in [0, 0.05) is 6.61 Å². The van der Waals surface area contributed by atoms with Crippen LogP contribution in [0.5, 0.6) is 0 Å². The first-order valence-electron chi connectivity index (χ1n) is 7.09. The second kappa shape index (κ2) is 7.74. The predicted molar refractivity (Wildman–Crippen MR) is 71.3 cm³/mol. The summed E-state index contributed by atoms with van der Waals surface area (Å²) in [5.41, 5.74) is -0.458. The zero-order chi connectivity index (χ0) is 13.4. The van der Waals surface area contributed by atoms with Gasteiger partial charge in [0.25, 0.3) is 0 Å². The van der Waals surface area contributed by atoms with Crippen molar-refractivity contribution < 1.29 is 14.6 Å². The summed E-state index contributed by atoms with van der Waals surface area (Å²) in [6.45, 7) is 3.31. The first kappa shape index (κ1) is 15.4. The van der Waals surface area contributed by atoms with Crippen molar-refractivity contribution in [3.63, 3.8) is 0 Å². The molecule has 0 saturated heterocycles. The summed E-state index contributed by atoms with van der Waals surface area (Å²) in [4.78, 5) is 12.0. The van der Waals surface area contributed by atoms with Crippen molar-refractivity contribution >= 4 is 5.97 Å². The fourth-order valence-corrected chi connectivity index (χ4v) is 2.64. The van der Waals surface area contributed by atoms with Crippen molar-refractivity contribution in [3.8, 4) is 0 Å². The number of rotatable bonds is 7. The molecule has 0 amide bonds. The number of carbonyl (C=O) groups is 1. The largest absolute Gasteiger partial charge is 0.468 e. The summed E-state index contributed by atoms with van der Waals surface area (Å²) < 4.78 is 4.97. The van der Waals surface area contributed by atoms with Crippen LogP contribution in [0.4, 0.5) is 0 Å². The third kappa shape index (κ3) is 4.25. The molecule has 18 heavy (non-hydrogen) atoms. The third-order valence-corrected chi connectivity index (χ3v) is 4.00. The second-order valence-corrected chi connectivity index (χ2v) is 5.47. The van der Waals surface area contributed by atoms with E-state index in [1.54, 1.807) is 0 Å². The molecule has 2 N–H and O–H groups in total. The van der Waals surface area contributed by atoms with E-state index in [0.29, 0.717) is 5.92 Å². The van der Waals surface area contributed by atoms with E-state index < -0.39 is 5.54 Å². The van der Waals surface area contributed by atoms with Crippen LogP contribution in [0.3, 0.4) is 0 Å². The molecule has 0 aromatic heterocycles. The lowest BCUT2D eigenvalue weighted by Crippen LogP contribution is -2.54. The molecule has 1 fully saturated rings. The van der Waals surface area contributed by atoms with E-state index in [1.165, 1.54) is 7.11 Å². The summed E-state index contributed by atoms with van der Waals surface area (Å²) in [7, 11) is 1.47. The molecule has 0 bridgehead atoms. The van der Waals surface area contributed by atoms with Crippen molar-refractivity contribution in [1.82, 2.24) is 5.32 Å². The number of aliphatic hydroxyl groups excluding tert-OH is 1. The minimum absolute atomic E-state index is 0.114. The summed E-state index contributed by atoms with van der Waals surface area (Å²) in [5.74, 6) is 0.593. The Labute approximate surface area is 110 Å². The van der Waals surface area contributed by atoms with Crippen molar-refractivity contribution in [2.24, 2.45) is 5.92 Å². The zero-order valence-corrected chi connectivity index (χ0v) is 11.7. The van der Waals surface area contributed by atoms with Gasteiger partial charge in [-0.2, -0.15) is 0 Å². The van der Waals surface area contributed by atoms with Crippen LogP contribution in [0, 0.1) is 5.92 Å². The highest BCUT2D eigenvalue weighted by molar-refractivity contribution is 5.80. The van der Waals surface area contributed by atoms with E-state index in [4.69, 9.17) is 9.84 Å². The number of methoxy groups -OCH3 is 1. The van der Waals surface area contributed by atoms with Gasteiger partial charge < -0.3 is 15.2 Å². The molecule has 1 aliphatic carbocycles. The van der Waals surface area contributed by atoms with Gasteiger partial charge in [0.05, 0.1) is 7.11 Å².